The number of nitrogens with two attached hydrogens (primary N) is 1. The van der Waals surface area contributed by atoms with Crippen LogP contribution < -0.4 is 5.73 Å². The van der Waals surface area contributed by atoms with Gasteiger partial charge in [-0.3, -0.25) is 0 Å². The summed E-state index contributed by atoms with van der Waals surface area (Å²) in [6.07, 6.45) is 3.72. The molecule has 15 heavy (non-hydrogen) atoms. The summed E-state index contributed by atoms with van der Waals surface area (Å²) in [6, 6.07) is 0. The van der Waals surface area contributed by atoms with Crippen molar-refractivity contribution in [2.75, 3.05) is 0 Å². The molecule has 1 saturated carbocycles. The third-order valence-electron chi connectivity index (χ3n) is 4.78. The molecule has 0 saturated heterocycles. The van der Waals surface area contributed by atoms with Crippen LogP contribution in [0.3, 0.4) is 0 Å². The molecule has 0 aromatic heterocycles. The first kappa shape index (κ1) is 13.0. The average molecular weight is 211 g/mol. The maximum absolute atomic E-state index is 6.63. The fraction of sp³-hybridized carbons (Fsp3) is 1.00. The van der Waals surface area contributed by atoms with Crippen LogP contribution in [-0.2, 0) is 0 Å². The fourth-order valence-corrected chi connectivity index (χ4v) is 4.81. The summed E-state index contributed by atoms with van der Waals surface area (Å²) in [7, 11) is 0. The van der Waals surface area contributed by atoms with Gasteiger partial charge in [0.2, 0.25) is 0 Å². The van der Waals surface area contributed by atoms with Gasteiger partial charge in [0.15, 0.2) is 0 Å². The Labute approximate surface area is 95.8 Å². The predicted molar refractivity (Wildman–Crippen MR) is 67.8 cm³/mol. The zero-order chi connectivity index (χ0) is 12.1. The predicted octanol–water partition coefficient (Wildman–Crippen LogP) is 3.97. The standard InChI is InChI=1S/C14H29N/c1-11(2,3)14(12(4,5)6)10-8-9-13(14,7)15/h8-10,15H2,1-7H3/t13-/m1/s1. The minimum absolute atomic E-state index is 0.0243. The van der Waals surface area contributed by atoms with Crippen molar-refractivity contribution in [3.63, 3.8) is 0 Å². The molecule has 0 heterocycles. The average Bonchev–Trinajstić information content (AvgIpc) is 2.21. The number of rotatable bonds is 0. The minimum atomic E-state index is -0.0243. The van der Waals surface area contributed by atoms with Gasteiger partial charge < -0.3 is 5.73 Å². The molecule has 1 fully saturated rings. The zero-order valence-electron chi connectivity index (χ0n) is 11.7. The zero-order valence-corrected chi connectivity index (χ0v) is 11.7. The summed E-state index contributed by atoms with van der Waals surface area (Å²) in [4.78, 5) is 0. The molecule has 0 aromatic carbocycles. The Kier molecular flexibility index (Phi) is 2.80. The van der Waals surface area contributed by atoms with Crippen molar-refractivity contribution in [1.82, 2.24) is 0 Å². The molecule has 1 rings (SSSR count). The Hall–Kier alpha value is -0.0400. The van der Waals surface area contributed by atoms with Crippen molar-refractivity contribution < 1.29 is 0 Å². The molecule has 0 amide bonds. The van der Waals surface area contributed by atoms with Gasteiger partial charge >= 0.3 is 0 Å². The lowest BCUT2D eigenvalue weighted by atomic mass is 9.48. The molecule has 2 N–H and O–H groups in total. The molecule has 0 spiro atoms. The maximum atomic E-state index is 6.63. The van der Waals surface area contributed by atoms with E-state index in [0.29, 0.717) is 0 Å². The van der Waals surface area contributed by atoms with Crippen LogP contribution in [-0.4, -0.2) is 5.54 Å². The smallest absolute Gasteiger partial charge is 0.0192 e. The molecule has 1 heteroatoms. The first-order valence-electron chi connectivity index (χ1n) is 6.25. The molecule has 0 aromatic rings. The molecule has 1 aliphatic carbocycles. The highest BCUT2D eigenvalue weighted by Gasteiger charge is 2.61. The molecular formula is C14H29N. The van der Waals surface area contributed by atoms with Crippen molar-refractivity contribution in [3.05, 3.63) is 0 Å². The summed E-state index contributed by atoms with van der Waals surface area (Å²) in [5, 5.41) is 0. The third kappa shape index (κ3) is 1.63. The lowest BCUT2D eigenvalue weighted by molar-refractivity contribution is -0.0744. The van der Waals surface area contributed by atoms with E-state index in [0.717, 1.165) is 0 Å². The second-order valence-corrected chi connectivity index (χ2v) is 7.68. The van der Waals surface area contributed by atoms with E-state index in [4.69, 9.17) is 5.73 Å². The van der Waals surface area contributed by atoms with Gasteiger partial charge in [0.25, 0.3) is 0 Å². The normalized spacial score (nSPS) is 32.0. The number of hydrogen-bond acceptors (Lipinski definition) is 1. The second-order valence-electron chi connectivity index (χ2n) is 7.68. The molecular weight excluding hydrogens is 182 g/mol. The quantitative estimate of drug-likeness (QED) is 0.644. The van der Waals surface area contributed by atoms with Crippen LogP contribution in [0.5, 0.6) is 0 Å². The van der Waals surface area contributed by atoms with E-state index in [1.807, 2.05) is 0 Å². The van der Waals surface area contributed by atoms with Gasteiger partial charge in [-0.25, -0.2) is 0 Å². The highest BCUT2D eigenvalue weighted by molar-refractivity contribution is 5.14. The maximum Gasteiger partial charge on any atom is 0.0192 e. The van der Waals surface area contributed by atoms with Gasteiger partial charge in [-0.05, 0) is 36.0 Å². The molecule has 0 radical (unpaired) electrons. The molecule has 1 aliphatic rings. The highest BCUT2D eigenvalue weighted by atomic mass is 14.8. The molecule has 0 unspecified atom stereocenters. The molecule has 0 aliphatic heterocycles. The van der Waals surface area contributed by atoms with Gasteiger partial charge in [0.05, 0.1) is 0 Å². The van der Waals surface area contributed by atoms with Crippen LogP contribution in [0.4, 0.5) is 0 Å². The monoisotopic (exact) mass is 211 g/mol. The van der Waals surface area contributed by atoms with Crippen molar-refractivity contribution >= 4 is 0 Å². The Balaban J connectivity index is 3.33. The van der Waals surface area contributed by atoms with E-state index in [9.17, 15) is 0 Å². The van der Waals surface area contributed by atoms with Crippen molar-refractivity contribution in [3.8, 4) is 0 Å². The summed E-state index contributed by atoms with van der Waals surface area (Å²) in [5.74, 6) is 0. The Bertz CT molecular complexity index is 223. The lowest BCUT2D eigenvalue weighted by Gasteiger charge is -2.59. The summed E-state index contributed by atoms with van der Waals surface area (Å²) >= 11 is 0. The van der Waals surface area contributed by atoms with Gasteiger partial charge in [-0.2, -0.15) is 0 Å². The largest absolute Gasteiger partial charge is 0.325 e. The van der Waals surface area contributed by atoms with E-state index >= 15 is 0 Å². The van der Waals surface area contributed by atoms with Crippen LogP contribution in [0.1, 0.15) is 67.7 Å². The van der Waals surface area contributed by atoms with Gasteiger partial charge in [-0.1, -0.05) is 48.0 Å². The molecule has 90 valence electrons. The highest BCUT2D eigenvalue weighted by Crippen LogP contribution is 2.64. The Morgan fingerprint density at radius 2 is 1.27 bits per heavy atom. The molecule has 0 bridgehead atoms. The van der Waals surface area contributed by atoms with E-state index < -0.39 is 0 Å². The SMILES string of the molecule is CC(C)(C)C1(C(C)(C)C)CCC[C@@]1(C)N. The second kappa shape index (κ2) is 3.23. The van der Waals surface area contributed by atoms with E-state index in [-0.39, 0.29) is 21.8 Å². The van der Waals surface area contributed by atoms with Crippen LogP contribution in [0, 0.1) is 16.2 Å². The Morgan fingerprint density at radius 1 is 0.867 bits per heavy atom. The Morgan fingerprint density at radius 3 is 1.40 bits per heavy atom. The minimum Gasteiger partial charge on any atom is -0.325 e. The summed E-state index contributed by atoms with van der Waals surface area (Å²) in [6.45, 7) is 16.4. The van der Waals surface area contributed by atoms with Gasteiger partial charge in [0.1, 0.15) is 0 Å². The molecule has 1 atom stereocenters. The number of hydrogen-bond donors (Lipinski definition) is 1. The first-order chi connectivity index (χ1) is 6.46. The third-order valence-corrected chi connectivity index (χ3v) is 4.78. The van der Waals surface area contributed by atoms with Crippen LogP contribution in [0.15, 0.2) is 0 Å². The molecule has 1 nitrogen and oxygen atoms in total. The van der Waals surface area contributed by atoms with Crippen LogP contribution in [0.2, 0.25) is 0 Å². The van der Waals surface area contributed by atoms with E-state index in [1.165, 1.54) is 19.3 Å². The van der Waals surface area contributed by atoms with Crippen LogP contribution >= 0.6 is 0 Å². The van der Waals surface area contributed by atoms with Crippen molar-refractivity contribution in [2.24, 2.45) is 22.0 Å². The van der Waals surface area contributed by atoms with Gasteiger partial charge in [0, 0.05) is 5.54 Å². The van der Waals surface area contributed by atoms with Crippen molar-refractivity contribution in [1.29, 1.82) is 0 Å². The van der Waals surface area contributed by atoms with Crippen LogP contribution in [0.25, 0.3) is 0 Å². The first-order valence-corrected chi connectivity index (χ1v) is 6.25. The van der Waals surface area contributed by atoms with Gasteiger partial charge in [-0.15, -0.1) is 0 Å². The van der Waals surface area contributed by atoms with E-state index in [2.05, 4.69) is 48.5 Å². The fourth-order valence-electron chi connectivity index (χ4n) is 4.81. The topological polar surface area (TPSA) is 26.0 Å². The summed E-state index contributed by atoms with van der Waals surface area (Å²) in [5.41, 5.74) is 7.39. The van der Waals surface area contributed by atoms with E-state index in [1.54, 1.807) is 0 Å². The lowest BCUT2D eigenvalue weighted by Crippen LogP contribution is -2.61. The van der Waals surface area contributed by atoms with Crippen molar-refractivity contribution in [2.45, 2.75) is 73.3 Å². The summed E-state index contributed by atoms with van der Waals surface area (Å²) < 4.78 is 0.